The van der Waals surface area contributed by atoms with Crippen LogP contribution in [-0.2, 0) is 9.59 Å². The first-order valence-corrected chi connectivity index (χ1v) is 12.5. The summed E-state index contributed by atoms with van der Waals surface area (Å²) in [5, 5.41) is 6.97. The van der Waals surface area contributed by atoms with Crippen molar-refractivity contribution >= 4 is 40.7 Å². The Bertz CT molecular complexity index is 1140. The molecule has 3 heterocycles. The second-order valence-electron chi connectivity index (χ2n) is 10.2. The number of anilines is 3. The lowest BCUT2D eigenvalue weighted by molar-refractivity contribution is -0.136. The molecule has 1 aliphatic carbocycles. The summed E-state index contributed by atoms with van der Waals surface area (Å²) in [5.74, 6) is 1.12. The smallest absolute Gasteiger partial charge is 0.245 e. The number of benzene rings is 1. The molecule has 9 nitrogen and oxygen atoms in total. The number of piperazine rings is 1. The van der Waals surface area contributed by atoms with E-state index in [-0.39, 0.29) is 41.9 Å². The van der Waals surface area contributed by atoms with Crippen LogP contribution < -0.4 is 20.4 Å². The van der Waals surface area contributed by atoms with E-state index in [1.807, 2.05) is 36.2 Å². The SMILES string of the molecule is CC(C)NC[C@@H](C(=O)N1CCN(c2ncnc3c2N(C)CC(=O)N3)[C@H]2CC21C)c1ccc(Cl)cc1. The number of rotatable bonds is 6. The summed E-state index contributed by atoms with van der Waals surface area (Å²) >= 11 is 6.11. The van der Waals surface area contributed by atoms with Crippen LogP contribution in [0.4, 0.5) is 17.3 Å². The van der Waals surface area contributed by atoms with Crippen LogP contribution in [0.3, 0.4) is 0 Å². The number of nitrogens with zero attached hydrogens (tertiary/aromatic N) is 5. The van der Waals surface area contributed by atoms with Crippen molar-refractivity contribution in [3.05, 3.63) is 41.2 Å². The fraction of sp³-hybridized carbons (Fsp3) is 0.520. The molecule has 2 aromatic rings. The van der Waals surface area contributed by atoms with Gasteiger partial charge in [0.25, 0.3) is 0 Å². The first-order valence-electron chi connectivity index (χ1n) is 12.1. The minimum atomic E-state index is -0.285. The van der Waals surface area contributed by atoms with E-state index < -0.39 is 0 Å². The lowest BCUT2D eigenvalue weighted by Gasteiger charge is -2.42. The molecule has 1 aromatic carbocycles. The molecule has 35 heavy (non-hydrogen) atoms. The third-order valence-corrected chi connectivity index (χ3v) is 7.64. The van der Waals surface area contributed by atoms with Crippen LogP contribution >= 0.6 is 11.6 Å². The number of nitrogens with one attached hydrogen (secondary N) is 2. The van der Waals surface area contributed by atoms with Gasteiger partial charge >= 0.3 is 0 Å². The zero-order valence-corrected chi connectivity index (χ0v) is 21.3. The maximum atomic E-state index is 14.0. The second-order valence-corrected chi connectivity index (χ2v) is 10.7. The first-order chi connectivity index (χ1) is 16.7. The molecule has 2 amide bonds. The Balaban J connectivity index is 1.39. The van der Waals surface area contributed by atoms with Crippen LogP contribution in [0.2, 0.25) is 5.02 Å². The molecule has 1 aromatic heterocycles. The Labute approximate surface area is 210 Å². The van der Waals surface area contributed by atoms with E-state index in [2.05, 4.69) is 51.2 Å². The van der Waals surface area contributed by atoms with Gasteiger partial charge in [0.15, 0.2) is 11.6 Å². The van der Waals surface area contributed by atoms with Gasteiger partial charge in [0.2, 0.25) is 11.8 Å². The van der Waals surface area contributed by atoms with E-state index in [9.17, 15) is 9.59 Å². The number of carbonyl (C=O) groups is 2. The Hall–Kier alpha value is -2.91. The van der Waals surface area contributed by atoms with Crippen molar-refractivity contribution in [2.45, 2.75) is 50.7 Å². The van der Waals surface area contributed by atoms with Crippen LogP contribution in [0.15, 0.2) is 30.6 Å². The maximum absolute atomic E-state index is 14.0. The molecule has 0 bridgehead atoms. The highest BCUT2D eigenvalue weighted by atomic mass is 35.5. The second kappa shape index (κ2) is 8.95. The molecule has 2 aliphatic heterocycles. The molecule has 186 valence electrons. The third-order valence-electron chi connectivity index (χ3n) is 7.38. The van der Waals surface area contributed by atoms with Gasteiger partial charge in [-0.25, -0.2) is 9.97 Å². The number of hydrogen-bond donors (Lipinski definition) is 2. The quantitative estimate of drug-likeness (QED) is 0.633. The minimum Gasteiger partial charge on any atom is -0.359 e. The van der Waals surface area contributed by atoms with Gasteiger partial charge < -0.3 is 25.3 Å². The minimum absolute atomic E-state index is 0.0837. The lowest BCUT2D eigenvalue weighted by Crippen LogP contribution is -2.56. The van der Waals surface area contributed by atoms with Gasteiger partial charge in [0, 0.05) is 37.7 Å². The number of aromatic nitrogens is 2. The number of hydrogen-bond acceptors (Lipinski definition) is 7. The summed E-state index contributed by atoms with van der Waals surface area (Å²) in [6.45, 7) is 8.44. The van der Waals surface area contributed by atoms with Crippen molar-refractivity contribution in [1.29, 1.82) is 0 Å². The number of halogens is 1. The number of amides is 2. The number of fused-ring (bicyclic) bond motifs is 2. The Morgan fingerprint density at radius 1 is 1.26 bits per heavy atom. The van der Waals surface area contributed by atoms with Gasteiger partial charge in [-0.1, -0.05) is 37.6 Å². The lowest BCUT2D eigenvalue weighted by atomic mass is 9.95. The summed E-state index contributed by atoms with van der Waals surface area (Å²) in [6, 6.07) is 8.04. The standard InChI is InChI=1S/C25H32ClN7O2/c1-15(2)27-12-18(16-5-7-17(26)8-6-16)24(35)33-10-9-32(19-11-25(19,33)3)23-21-22(28-14-29-23)30-20(34)13-31(21)4/h5-8,14-15,18-19,27H,9-13H2,1-4H3,(H,28,29,30,34)/t18-,19+,25?/m1/s1. The van der Waals surface area contributed by atoms with Crippen molar-refractivity contribution in [3.63, 3.8) is 0 Å². The monoisotopic (exact) mass is 497 g/mol. The number of carbonyl (C=O) groups excluding carboxylic acids is 2. The fourth-order valence-corrected chi connectivity index (χ4v) is 5.50. The summed E-state index contributed by atoms with van der Waals surface area (Å²) in [4.78, 5) is 41.1. The summed E-state index contributed by atoms with van der Waals surface area (Å²) in [6.07, 6.45) is 2.37. The summed E-state index contributed by atoms with van der Waals surface area (Å²) < 4.78 is 0. The average molecular weight is 498 g/mol. The average Bonchev–Trinajstić information content (AvgIpc) is 3.51. The van der Waals surface area contributed by atoms with E-state index in [0.717, 1.165) is 23.5 Å². The molecular formula is C25H32ClN7O2. The first kappa shape index (κ1) is 23.8. The molecule has 2 N–H and O–H groups in total. The van der Waals surface area contributed by atoms with Crippen molar-refractivity contribution in [1.82, 2.24) is 20.2 Å². The van der Waals surface area contributed by atoms with E-state index in [1.165, 1.54) is 6.33 Å². The van der Waals surface area contributed by atoms with E-state index >= 15 is 0 Å². The van der Waals surface area contributed by atoms with Gasteiger partial charge in [0.05, 0.1) is 24.0 Å². The highest BCUT2D eigenvalue weighted by molar-refractivity contribution is 6.30. The van der Waals surface area contributed by atoms with Crippen molar-refractivity contribution in [3.8, 4) is 0 Å². The normalized spacial score (nSPS) is 24.1. The molecule has 3 aliphatic rings. The molecule has 1 saturated heterocycles. The predicted octanol–water partition coefficient (Wildman–Crippen LogP) is 2.48. The van der Waals surface area contributed by atoms with Gasteiger partial charge in [-0.05, 0) is 31.0 Å². The van der Waals surface area contributed by atoms with Crippen molar-refractivity contribution in [2.75, 3.05) is 48.3 Å². The largest absolute Gasteiger partial charge is 0.359 e. The Kier molecular flexibility index (Phi) is 6.09. The molecule has 2 fully saturated rings. The highest BCUT2D eigenvalue weighted by Crippen LogP contribution is 2.51. The third kappa shape index (κ3) is 4.31. The molecule has 1 unspecified atom stereocenters. The van der Waals surface area contributed by atoms with Crippen LogP contribution in [0.1, 0.15) is 38.7 Å². The van der Waals surface area contributed by atoms with Crippen LogP contribution in [0, 0.1) is 0 Å². The van der Waals surface area contributed by atoms with Crippen LogP contribution in [-0.4, -0.2) is 77.5 Å². The predicted molar refractivity (Wildman–Crippen MR) is 137 cm³/mol. The van der Waals surface area contributed by atoms with Crippen LogP contribution in [0.25, 0.3) is 0 Å². The topological polar surface area (TPSA) is 93.7 Å². The van der Waals surface area contributed by atoms with E-state index in [0.29, 0.717) is 30.5 Å². The van der Waals surface area contributed by atoms with E-state index in [1.54, 1.807) is 0 Å². The van der Waals surface area contributed by atoms with Crippen molar-refractivity contribution in [2.24, 2.45) is 0 Å². The van der Waals surface area contributed by atoms with Gasteiger partial charge in [0.1, 0.15) is 12.0 Å². The molecule has 5 rings (SSSR count). The Morgan fingerprint density at radius 3 is 2.71 bits per heavy atom. The summed E-state index contributed by atoms with van der Waals surface area (Å²) in [7, 11) is 1.88. The number of likely N-dealkylation sites (N-methyl/N-ethyl adjacent to an activating group) is 1. The van der Waals surface area contributed by atoms with Gasteiger partial charge in [-0.3, -0.25) is 9.59 Å². The summed E-state index contributed by atoms with van der Waals surface area (Å²) in [5.41, 5.74) is 1.53. The molecule has 0 radical (unpaired) electrons. The maximum Gasteiger partial charge on any atom is 0.245 e. The molecule has 0 spiro atoms. The zero-order chi connectivity index (χ0) is 24.9. The van der Waals surface area contributed by atoms with Crippen molar-refractivity contribution < 1.29 is 9.59 Å². The molecule has 1 saturated carbocycles. The highest BCUT2D eigenvalue weighted by Gasteiger charge is 2.62. The fourth-order valence-electron chi connectivity index (χ4n) is 5.38. The molecule has 10 heteroatoms. The van der Waals surface area contributed by atoms with Gasteiger partial charge in [-0.2, -0.15) is 0 Å². The molecular weight excluding hydrogens is 466 g/mol. The van der Waals surface area contributed by atoms with E-state index in [4.69, 9.17) is 11.6 Å². The van der Waals surface area contributed by atoms with Crippen LogP contribution in [0.5, 0.6) is 0 Å². The molecule has 3 atom stereocenters. The zero-order valence-electron chi connectivity index (χ0n) is 20.6. The van der Waals surface area contributed by atoms with Gasteiger partial charge in [-0.15, -0.1) is 0 Å². The Morgan fingerprint density at radius 2 is 2.00 bits per heavy atom.